The summed E-state index contributed by atoms with van der Waals surface area (Å²) < 4.78 is 0. The molecule has 39 heavy (non-hydrogen) atoms. The number of carbonyl (C=O) groups is 3. The standard InChI is InChI=1S/C23H35N5O4.C7H16/c29-17-25-20(23(31)32)10-14-27(15-16-28-13-4-7-21(28)30)12-2-1-6-19-9-8-18-5-3-11-24-22(18)26-19;1-4-7(5-2)6-3/h8-9,17,20H,1-7,10-16H2,(H,24,26)(H,25,29)(H,31,32);7H,4-6H2,1-3H3. The van der Waals surface area contributed by atoms with Crippen LogP contribution in [-0.4, -0.2) is 83.5 Å². The number of hydrogen-bond acceptors (Lipinski definition) is 6. The molecule has 9 heteroatoms. The van der Waals surface area contributed by atoms with E-state index in [1.807, 2.05) is 4.90 Å². The van der Waals surface area contributed by atoms with Crippen molar-refractivity contribution in [2.24, 2.45) is 5.92 Å². The van der Waals surface area contributed by atoms with Crippen molar-refractivity contribution in [1.29, 1.82) is 0 Å². The minimum absolute atomic E-state index is 0.197. The molecule has 0 spiro atoms. The van der Waals surface area contributed by atoms with Crippen LogP contribution in [0.5, 0.6) is 0 Å². The second-order valence-electron chi connectivity index (χ2n) is 10.7. The summed E-state index contributed by atoms with van der Waals surface area (Å²) in [5.74, 6) is 1.18. The zero-order valence-corrected chi connectivity index (χ0v) is 24.4. The average Bonchev–Trinajstić information content (AvgIpc) is 3.36. The summed E-state index contributed by atoms with van der Waals surface area (Å²) in [4.78, 5) is 42.8. The number of aryl methyl sites for hydroxylation is 2. The highest BCUT2D eigenvalue weighted by Crippen LogP contribution is 2.20. The lowest BCUT2D eigenvalue weighted by molar-refractivity contribution is -0.140. The molecule has 3 N–H and O–H groups in total. The summed E-state index contributed by atoms with van der Waals surface area (Å²) in [5, 5.41) is 15.0. The van der Waals surface area contributed by atoms with E-state index in [1.54, 1.807) is 0 Å². The maximum absolute atomic E-state index is 11.9. The number of carbonyl (C=O) groups excluding carboxylic acids is 2. The highest BCUT2D eigenvalue weighted by Gasteiger charge is 2.22. The van der Waals surface area contributed by atoms with Crippen LogP contribution in [-0.2, 0) is 27.2 Å². The van der Waals surface area contributed by atoms with Gasteiger partial charge in [-0.15, -0.1) is 0 Å². The summed E-state index contributed by atoms with van der Waals surface area (Å²) in [7, 11) is 0. The van der Waals surface area contributed by atoms with Crippen LogP contribution in [0.15, 0.2) is 12.1 Å². The summed E-state index contributed by atoms with van der Waals surface area (Å²) in [6.45, 7) is 11.3. The van der Waals surface area contributed by atoms with E-state index in [0.717, 1.165) is 75.6 Å². The molecule has 1 aromatic heterocycles. The molecule has 1 aromatic rings. The van der Waals surface area contributed by atoms with Crippen LogP contribution in [0, 0.1) is 5.92 Å². The van der Waals surface area contributed by atoms with Crippen LogP contribution in [0.3, 0.4) is 0 Å². The van der Waals surface area contributed by atoms with E-state index in [1.165, 1.54) is 24.8 Å². The van der Waals surface area contributed by atoms with Crippen molar-refractivity contribution in [3.8, 4) is 0 Å². The summed E-state index contributed by atoms with van der Waals surface area (Å²) in [6, 6.07) is 3.40. The Morgan fingerprint density at radius 2 is 1.90 bits per heavy atom. The van der Waals surface area contributed by atoms with E-state index in [2.05, 4.69) is 48.4 Å². The Balaban J connectivity index is 0.000000673. The number of nitrogens with zero attached hydrogens (tertiary/aromatic N) is 3. The van der Waals surface area contributed by atoms with Crippen molar-refractivity contribution < 1.29 is 19.5 Å². The first-order valence-corrected chi connectivity index (χ1v) is 15.1. The van der Waals surface area contributed by atoms with Gasteiger partial charge >= 0.3 is 5.97 Å². The lowest BCUT2D eigenvalue weighted by Crippen LogP contribution is -2.41. The molecular weight excluding hydrogens is 494 g/mol. The number of aliphatic carboxylic acids is 1. The van der Waals surface area contributed by atoms with Gasteiger partial charge in [0, 0.05) is 44.8 Å². The zero-order valence-electron chi connectivity index (χ0n) is 24.4. The van der Waals surface area contributed by atoms with Gasteiger partial charge in [-0.1, -0.05) is 46.1 Å². The van der Waals surface area contributed by atoms with Crippen molar-refractivity contribution in [3.63, 3.8) is 0 Å². The molecule has 1 unspecified atom stereocenters. The van der Waals surface area contributed by atoms with E-state index in [-0.39, 0.29) is 5.91 Å². The van der Waals surface area contributed by atoms with Crippen molar-refractivity contribution in [2.45, 2.75) is 97.4 Å². The van der Waals surface area contributed by atoms with Crippen molar-refractivity contribution in [1.82, 2.24) is 20.1 Å². The van der Waals surface area contributed by atoms with E-state index in [4.69, 9.17) is 4.98 Å². The first-order chi connectivity index (χ1) is 18.9. The van der Waals surface area contributed by atoms with Crippen LogP contribution >= 0.6 is 0 Å². The van der Waals surface area contributed by atoms with Gasteiger partial charge in [0.15, 0.2) is 0 Å². The molecule has 1 fully saturated rings. The molecule has 1 saturated heterocycles. The molecule has 0 aliphatic carbocycles. The molecule has 220 valence electrons. The number of rotatable bonds is 17. The number of fused-ring (bicyclic) bond motifs is 1. The number of hydrogen-bond donors (Lipinski definition) is 3. The number of carboxylic acid groups (broad SMARTS) is 1. The zero-order chi connectivity index (χ0) is 28.5. The van der Waals surface area contributed by atoms with Crippen LogP contribution in [0.4, 0.5) is 5.82 Å². The quantitative estimate of drug-likeness (QED) is 0.199. The summed E-state index contributed by atoms with van der Waals surface area (Å²) in [6.07, 6.45) is 11.4. The Labute approximate surface area is 235 Å². The van der Waals surface area contributed by atoms with Crippen LogP contribution in [0.25, 0.3) is 0 Å². The fourth-order valence-corrected chi connectivity index (χ4v) is 5.23. The maximum Gasteiger partial charge on any atom is 0.326 e. The molecular formula is C30H51N5O4. The average molecular weight is 546 g/mol. The van der Waals surface area contributed by atoms with E-state index >= 15 is 0 Å². The lowest BCUT2D eigenvalue weighted by Gasteiger charge is -2.26. The fourth-order valence-electron chi connectivity index (χ4n) is 5.23. The van der Waals surface area contributed by atoms with Crippen molar-refractivity contribution >= 4 is 24.1 Å². The van der Waals surface area contributed by atoms with Gasteiger partial charge in [-0.25, -0.2) is 9.78 Å². The van der Waals surface area contributed by atoms with Gasteiger partial charge in [0.1, 0.15) is 11.9 Å². The molecule has 0 radical (unpaired) electrons. The molecule has 0 saturated carbocycles. The maximum atomic E-state index is 11.9. The van der Waals surface area contributed by atoms with Crippen LogP contribution in [0.2, 0.25) is 0 Å². The number of nitrogens with one attached hydrogen (secondary N) is 2. The van der Waals surface area contributed by atoms with Gasteiger partial charge < -0.3 is 25.5 Å². The Morgan fingerprint density at radius 1 is 1.13 bits per heavy atom. The normalized spacial score (nSPS) is 15.4. The molecule has 3 heterocycles. The van der Waals surface area contributed by atoms with Gasteiger partial charge in [0.25, 0.3) is 0 Å². The number of likely N-dealkylation sites (tertiary alicyclic amines) is 1. The van der Waals surface area contributed by atoms with E-state index in [9.17, 15) is 19.5 Å². The second kappa shape index (κ2) is 18.6. The largest absolute Gasteiger partial charge is 0.480 e. The van der Waals surface area contributed by atoms with Crippen LogP contribution < -0.4 is 10.6 Å². The number of aromatic nitrogens is 1. The lowest BCUT2D eigenvalue weighted by atomic mass is 10.0. The Morgan fingerprint density at radius 3 is 2.51 bits per heavy atom. The molecule has 2 amide bonds. The minimum atomic E-state index is -1.03. The highest BCUT2D eigenvalue weighted by molar-refractivity contribution is 5.78. The van der Waals surface area contributed by atoms with Gasteiger partial charge in [0.05, 0.1) is 0 Å². The van der Waals surface area contributed by atoms with E-state index in [0.29, 0.717) is 38.9 Å². The third-order valence-corrected chi connectivity index (χ3v) is 8.00. The molecule has 3 rings (SSSR count). The van der Waals surface area contributed by atoms with Gasteiger partial charge in [-0.05, 0) is 69.0 Å². The monoisotopic (exact) mass is 545 g/mol. The molecule has 9 nitrogen and oxygen atoms in total. The van der Waals surface area contributed by atoms with Crippen molar-refractivity contribution in [2.75, 3.05) is 44.6 Å². The molecule has 2 aliphatic rings. The second-order valence-corrected chi connectivity index (χ2v) is 10.7. The van der Waals surface area contributed by atoms with Crippen LogP contribution in [0.1, 0.15) is 89.8 Å². The predicted molar refractivity (Wildman–Crippen MR) is 156 cm³/mol. The Kier molecular flexibility index (Phi) is 15.5. The molecule has 0 bridgehead atoms. The molecule has 2 aliphatic heterocycles. The Bertz CT molecular complexity index is 871. The third-order valence-electron chi connectivity index (χ3n) is 8.00. The Hall–Kier alpha value is -2.68. The number of amides is 2. The van der Waals surface area contributed by atoms with Gasteiger partial charge in [-0.3, -0.25) is 9.59 Å². The fraction of sp³-hybridized carbons (Fsp3) is 0.733. The summed E-state index contributed by atoms with van der Waals surface area (Å²) >= 11 is 0. The molecule has 0 aromatic carbocycles. The first-order valence-electron chi connectivity index (χ1n) is 15.1. The highest BCUT2D eigenvalue weighted by atomic mass is 16.4. The number of anilines is 1. The predicted octanol–water partition coefficient (Wildman–Crippen LogP) is 4.11. The number of unbranched alkanes of at least 4 members (excludes halogenated alkanes) is 1. The van der Waals surface area contributed by atoms with Gasteiger partial charge in [-0.2, -0.15) is 0 Å². The van der Waals surface area contributed by atoms with Crippen molar-refractivity contribution in [3.05, 3.63) is 23.4 Å². The summed E-state index contributed by atoms with van der Waals surface area (Å²) in [5.41, 5.74) is 2.38. The number of pyridine rings is 1. The topological polar surface area (TPSA) is 115 Å². The third kappa shape index (κ3) is 11.9. The van der Waals surface area contributed by atoms with Gasteiger partial charge in [0.2, 0.25) is 12.3 Å². The number of carboxylic acids is 1. The molecule has 1 atom stereocenters. The SMILES string of the molecule is CCC(CC)CC.O=CNC(CCN(CCCCc1ccc2c(n1)NCCC2)CCN1CCCC1=O)C(=O)O. The first kappa shape index (κ1) is 32.5. The minimum Gasteiger partial charge on any atom is -0.480 e. The smallest absolute Gasteiger partial charge is 0.326 e. The van der Waals surface area contributed by atoms with E-state index < -0.39 is 12.0 Å².